The second kappa shape index (κ2) is 5.05. The summed E-state index contributed by atoms with van der Waals surface area (Å²) in [4.78, 5) is 0. The molecule has 4 unspecified atom stereocenters. The Morgan fingerprint density at radius 3 is 2.50 bits per heavy atom. The highest BCUT2D eigenvalue weighted by Crippen LogP contribution is 2.58. The molecule has 0 bridgehead atoms. The van der Waals surface area contributed by atoms with Crippen molar-refractivity contribution in [1.29, 1.82) is 0 Å². The van der Waals surface area contributed by atoms with E-state index < -0.39 is 0 Å². The third-order valence-corrected chi connectivity index (χ3v) is 4.88. The first-order valence-electron chi connectivity index (χ1n) is 7.54. The molecule has 0 spiro atoms. The van der Waals surface area contributed by atoms with Gasteiger partial charge in [0.2, 0.25) is 0 Å². The maximum atomic E-state index is 3.61. The van der Waals surface area contributed by atoms with Crippen molar-refractivity contribution in [2.24, 2.45) is 17.8 Å². The fourth-order valence-corrected chi connectivity index (χ4v) is 3.57. The molecule has 98 valence electrons. The SMILES string of the molecule is CC(C)NCC1CCC1C1CC1c1ccccc1. The van der Waals surface area contributed by atoms with Gasteiger partial charge < -0.3 is 5.32 Å². The van der Waals surface area contributed by atoms with Gasteiger partial charge in [-0.2, -0.15) is 0 Å². The van der Waals surface area contributed by atoms with E-state index in [-0.39, 0.29) is 0 Å². The largest absolute Gasteiger partial charge is 0.314 e. The highest BCUT2D eigenvalue weighted by molar-refractivity contribution is 5.26. The van der Waals surface area contributed by atoms with Crippen LogP contribution in [0.25, 0.3) is 0 Å². The van der Waals surface area contributed by atoms with E-state index in [9.17, 15) is 0 Å². The number of hydrogen-bond acceptors (Lipinski definition) is 1. The van der Waals surface area contributed by atoms with Crippen LogP contribution in [-0.2, 0) is 0 Å². The van der Waals surface area contributed by atoms with Crippen LogP contribution in [0, 0.1) is 17.8 Å². The molecular weight excluding hydrogens is 218 g/mol. The Morgan fingerprint density at radius 1 is 1.11 bits per heavy atom. The van der Waals surface area contributed by atoms with Gasteiger partial charge in [-0.15, -0.1) is 0 Å². The predicted octanol–water partition coefficient (Wildman–Crippen LogP) is 3.81. The summed E-state index contributed by atoms with van der Waals surface area (Å²) < 4.78 is 0. The number of benzene rings is 1. The Balaban J connectivity index is 1.52. The minimum absolute atomic E-state index is 0.635. The van der Waals surface area contributed by atoms with Crippen molar-refractivity contribution in [3.05, 3.63) is 35.9 Å². The molecule has 0 amide bonds. The van der Waals surface area contributed by atoms with Gasteiger partial charge >= 0.3 is 0 Å². The van der Waals surface area contributed by atoms with Crippen LogP contribution in [0.5, 0.6) is 0 Å². The normalized spacial score (nSPS) is 34.4. The van der Waals surface area contributed by atoms with Crippen molar-refractivity contribution in [3.63, 3.8) is 0 Å². The lowest BCUT2D eigenvalue weighted by Crippen LogP contribution is -2.39. The molecule has 2 fully saturated rings. The van der Waals surface area contributed by atoms with E-state index in [0.717, 1.165) is 23.7 Å². The molecule has 0 aromatic heterocycles. The van der Waals surface area contributed by atoms with Gasteiger partial charge in [0.05, 0.1) is 0 Å². The Hall–Kier alpha value is -0.820. The summed E-state index contributed by atoms with van der Waals surface area (Å²) in [5.41, 5.74) is 1.57. The van der Waals surface area contributed by atoms with Crippen LogP contribution in [0.3, 0.4) is 0 Å². The van der Waals surface area contributed by atoms with E-state index in [1.54, 1.807) is 5.56 Å². The van der Waals surface area contributed by atoms with Gasteiger partial charge in [0, 0.05) is 6.04 Å². The molecule has 1 aromatic rings. The Morgan fingerprint density at radius 2 is 1.89 bits per heavy atom. The van der Waals surface area contributed by atoms with Crippen LogP contribution in [0.2, 0.25) is 0 Å². The van der Waals surface area contributed by atoms with E-state index >= 15 is 0 Å². The van der Waals surface area contributed by atoms with Crippen LogP contribution in [0.15, 0.2) is 30.3 Å². The van der Waals surface area contributed by atoms with Crippen LogP contribution in [0.4, 0.5) is 0 Å². The summed E-state index contributed by atoms with van der Waals surface area (Å²) in [5, 5.41) is 3.61. The molecule has 3 rings (SSSR count). The van der Waals surface area contributed by atoms with E-state index in [1.165, 1.54) is 25.8 Å². The second-order valence-corrected chi connectivity index (χ2v) is 6.48. The minimum Gasteiger partial charge on any atom is -0.314 e. The summed E-state index contributed by atoms with van der Waals surface area (Å²) in [6.45, 7) is 5.73. The molecule has 0 aliphatic heterocycles. The number of hydrogen-bond donors (Lipinski definition) is 1. The lowest BCUT2D eigenvalue weighted by atomic mass is 9.70. The number of rotatable bonds is 5. The zero-order valence-corrected chi connectivity index (χ0v) is 11.6. The van der Waals surface area contributed by atoms with Crippen molar-refractivity contribution in [1.82, 2.24) is 5.32 Å². The molecule has 0 saturated heterocycles. The van der Waals surface area contributed by atoms with Gasteiger partial charge in [-0.1, -0.05) is 44.2 Å². The summed E-state index contributed by atoms with van der Waals surface area (Å²) in [7, 11) is 0. The highest BCUT2D eigenvalue weighted by Gasteiger charge is 2.49. The van der Waals surface area contributed by atoms with Gasteiger partial charge in [-0.25, -0.2) is 0 Å². The van der Waals surface area contributed by atoms with Gasteiger partial charge in [0.25, 0.3) is 0 Å². The third kappa shape index (κ3) is 2.47. The van der Waals surface area contributed by atoms with Gasteiger partial charge in [0.15, 0.2) is 0 Å². The van der Waals surface area contributed by atoms with Crippen molar-refractivity contribution >= 4 is 0 Å². The molecule has 2 aliphatic rings. The quantitative estimate of drug-likeness (QED) is 0.829. The van der Waals surface area contributed by atoms with Crippen LogP contribution >= 0.6 is 0 Å². The summed E-state index contributed by atoms with van der Waals surface area (Å²) in [6.07, 6.45) is 4.35. The monoisotopic (exact) mass is 243 g/mol. The van der Waals surface area contributed by atoms with Crippen molar-refractivity contribution in [2.75, 3.05) is 6.54 Å². The molecule has 1 aromatic carbocycles. The minimum atomic E-state index is 0.635. The predicted molar refractivity (Wildman–Crippen MR) is 76.6 cm³/mol. The average molecular weight is 243 g/mol. The molecule has 1 heteroatoms. The molecule has 2 aliphatic carbocycles. The van der Waals surface area contributed by atoms with Gasteiger partial charge in [-0.3, -0.25) is 0 Å². The fourth-order valence-electron chi connectivity index (χ4n) is 3.57. The molecule has 1 N–H and O–H groups in total. The van der Waals surface area contributed by atoms with Gasteiger partial charge in [0.1, 0.15) is 0 Å². The molecular formula is C17H25N. The zero-order valence-electron chi connectivity index (χ0n) is 11.6. The summed E-state index contributed by atoms with van der Waals surface area (Å²) in [5.74, 6) is 3.81. The molecule has 18 heavy (non-hydrogen) atoms. The highest BCUT2D eigenvalue weighted by atomic mass is 14.9. The van der Waals surface area contributed by atoms with E-state index in [0.29, 0.717) is 6.04 Å². The van der Waals surface area contributed by atoms with Crippen molar-refractivity contribution in [3.8, 4) is 0 Å². The Kier molecular flexibility index (Phi) is 3.43. The lowest BCUT2D eigenvalue weighted by molar-refractivity contribution is 0.141. The second-order valence-electron chi connectivity index (χ2n) is 6.48. The van der Waals surface area contributed by atoms with Gasteiger partial charge in [-0.05, 0) is 55.0 Å². The van der Waals surface area contributed by atoms with Crippen LogP contribution in [-0.4, -0.2) is 12.6 Å². The topological polar surface area (TPSA) is 12.0 Å². The first kappa shape index (κ1) is 12.2. The van der Waals surface area contributed by atoms with Crippen LogP contribution < -0.4 is 5.32 Å². The Labute approximate surface area is 111 Å². The first-order valence-corrected chi connectivity index (χ1v) is 7.54. The first-order chi connectivity index (χ1) is 8.75. The maximum absolute atomic E-state index is 3.61. The fraction of sp³-hybridized carbons (Fsp3) is 0.647. The summed E-state index contributed by atoms with van der Waals surface area (Å²) in [6, 6.07) is 11.7. The van der Waals surface area contributed by atoms with Crippen molar-refractivity contribution < 1.29 is 0 Å². The third-order valence-electron chi connectivity index (χ3n) is 4.88. The molecule has 0 radical (unpaired) electrons. The molecule has 4 atom stereocenters. The average Bonchev–Trinajstić information content (AvgIpc) is 3.08. The molecule has 1 nitrogen and oxygen atoms in total. The zero-order chi connectivity index (χ0) is 12.5. The maximum Gasteiger partial charge on any atom is 0.00104 e. The van der Waals surface area contributed by atoms with E-state index in [2.05, 4.69) is 49.5 Å². The Bertz CT molecular complexity index is 384. The van der Waals surface area contributed by atoms with Crippen molar-refractivity contribution in [2.45, 2.75) is 45.1 Å². The lowest BCUT2D eigenvalue weighted by Gasteiger charge is -2.38. The molecule has 2 saturated carbocycles. The molecule has 0 heterocycles. The van der Waals surface area contributed by atoms with E-state index in [4.69, 9.17) is 0 Å². The summed E-state index contributed by atoms with van der Waals surface area (Å²) >= 11 is 0. The smallest absolute Gasteiger partial charge is 0.00104 e. The number of nitrogens with one attached hydrogen (secondary N) is 1. The van der Waals surface area contributed by atoms with E-state index in [1.807, 2.05) is 0 Å². The van der Waals surface area contributed by atoms with Crippen LogP contribution in [0.1, 0.15) is 44.6 Å². The standard InChI is InChI=1S/C17H25N/c1-12(2)18-11-14-8-9-15(14)17-10-16(17)13-6-4-3-5-7-13/h3-7,12,14-18H,8-11H2,1-2H3.